The highest BCUT2D eigenvalue weighted by Crippen LogP contribution is 2.31. The van der Waals surface area contributed by atoms with Crippen LogP contribution in [0.3, 0.4) is 0 Å². The predicted octanol–water partition coefficient (Wildman–Crippen LogP) is 4.76. The normalized spacial score (nSPS) is 13.8. The summed E-state index contributed by atoms with van der Waals surface area (Å²) in [6, 6.07) is 6.99. The second-order valence-corrected chi connectivity index (χ2v) is 7.61. The van der Waals surface area contributed by atoms with Crippen molar-refractivity contribution in [3.63, 3.8) is 0 Å². The molecule has 0 aliphatic rings. The highest BCUT2D eigenvalue weighted by molar-refractivity contribution is 14.1. The number of amides is 1. The summed E-state index contributed by atoms with van der Waals surface area (Å²) in [4.78, 5) is 14.7. The Morgan fingerprint density at radius 2 is 2.19 bits per heavy atom. The van der Waals surface area contributed by atoms with Crippen LogP contribution in [0.4, 0.5) is 4.79 Å². The summed E-state index contributed by atoms with van der Waals surface area (Å²) in [6.45, 7) is 5.35. The molecule has 1 aromatic carbocycles. The number of nitrogens with one attached hydrogen (secondary N) is 1. The first kappa shape index (κ1) is 17.9. The molecule has 21 heavy (non-hydrogen) atoms. The van der Waals surface area contributed by atoms with Crippen LogP contribution in [0.15, 0.2) is 29.4 Å². The molecule has 1 amide bonds. The van der Waals surface area contributed by atoms with Gasteiger partial charge in [-0.2, -0.15) is 0 Å². The standard InChI is InChI=1S/C13H16ClIN4O2/c1-12(2,3)21-11(20)18-13(15,8-17-19-16)9-5-4-6-10(14)7-9/h4-7H,8H2,1-3H3,(H,18,20). The fraction of sp³-hybridized carbons (Fsp3) is 0.462. The van der Waals surface area contributed by atoms with Crippen molar-refractivity contribution >= 4 is 40.3 Å². The van der Waals surface area contributed by atoms with Gasteiger partial charge in [-0.1, -0.05) is 28.8 Å². The minimum atomic E-state index is -0.933. The summed E-state index contributed by atoms with van der Waals surface area (Å²) in [5.74, 6) is 0. The summed E-state index contributed by atoms with van der Waals surface area (Å²) in [5, 5.41) is 6.82. The first-order chi connectivity index (χ1) is 9.66. The van der Waals surface area contributed by atoms with Gasteiger partial charge in [0.25, 0.3) is 0 Å². The quantitative estimate of drug-likeness (QED) is 0.189. The Balaban J connectivity index is 3.04. The monoisotopic (exact) mass is 422 g/mol. The van der Waals surface area contributed by atoms with Gasteiger partial charge < -0.3 is 10.1 Å². The van der Waals surface area contributed by atoms with Gasteiger partial charge in [0, 0.05) is 9.93 Å². The van der Waals surface area contributed by atoms with Gasteiger partial charge in [0.15, 0.2) is 0 Å². The zero-order chi connectivity index (χ0) is 16.1. The van der Waals surface area contributed by atoms with Crippen LogP contribution >= 0.6 is 34.2 Å². The second kappa shape index (κ2) is 7.20. The van der Waals surface area contributed by atoms with Gasteiger partial charge in [-0.25, -0.2) is 4.79 Å². The Hall–Kier alpha value is -1.18. The maximum atomic E-state index is 12.0. The third-order valence-corrected chi connectivity index (χ3v) is 3.80. The molecule has 1 rings (SSSR count). The molecule has 1 atom stereocenters. The molecule has 0 fully saturated rings. The van der Waals surface area contributed by atoms with Crippen LogP contribution in [0.25, 0.3) is 10.4 Å². The van der Waals surface area contributed by atoms with Gasteiger partial charge in [-0.05, 0) is 66.6 Å². The number of rotatable bonds is 4. The molecule has 6 nitrogen and oxygen atoms in total. The van der Waals surface area contributed by atoms with E-state index in [1.54, 1.807) is 45.0 Å². The Bertz CT molecular complexity index is 570. The van der Waals surface area contributed by atoms with E-state index >= 15 is 0 Å². The number of nitrogens with zero attached hydrogens (tertiary/aromatic N) is 3. The largest absolute Gasteiger partial charge is 0.444 e. The summed E-state index contributed by atoms with van der Waals surface area (Å²) < 4.78 is 4.31. The van der Waals surface area contributed by atoms with E-state index in [1.807, 2.05) is 22.6 Å². The fourth-order valence-corrected chi connectivity index (χ4v) is 2.43. The molecule has 0 spiro atoms. The first-order valence-corrected chi connectivity index (χ1v) is 7.59. The lowest BCUT2D eigenvalue weighted by Crippen LogP contribution is -2.45. The van der Waals surface area contributed by atoms with Crippen LogP contribution in [0.5, 0.6) is 0 Å². The summed E-state index contributed by atoms with van der Waals surface area (Å²) in [5.41, 5.74) is 8.64. The van der Waals surface area contributed by atoms with E-state index in [4.69, 9.17) is 21.9 Å². The number of alkyl halides is 1. The molecule has 1 aromatic rings. The van der Waals surface area contributed by atoms with Crippen molar-refractivity contribution in [2.45, 2.75) is 29.9 Å². The molecule has 0 saturated carbocycles. The number of hydrogen-bond acceptors (Lipinski definition) is 3. The van der Waals surface area contributed by atoms with Gasteiger partial charge in [0.05, 0.1) is 6.54 Å². The predicted molar refractivity (Wildman–Crippen MR) is 90.5 cm³/mol. The Kier molecular flexibility index (Phi) is 6.12. The molecule has 0 heterocycles. The molecule has 0 bridgehead atoms. The van der Waals surface area contributed by atoms with Gasteiger partial charge in [0.2, 0.25) is 0 Å². The zero-order valence-electron chi connectivity index (χ0n) is 11.9. The van der Waals surface area contributed by atoms with E-state index in [2.05, 4.69) is 15.3 Å². The van der Waals surface area contributed by atoms with E-state index in [1.165, 1.54) is 0 Å². The van der Waals surface area contributed by atoms with E-state index in [0.29, 0.717) is 10.6 Å². The van der Waals surface area contributed by atoms with Crippen LogP contribution in [-0.4, -0.2) is 18.2 Å². The average Bonchev–Trinajstić information content (AvgIpc) is 2.34. The summed E-state index contributed by atoms with van der Waals surface area (Å²) >= 11 is 7.99. The smallest absolute Gasteiger partial charge is 0.408 e. The van der Waals surface area contributed by atoms with Gasteiger partial charge in [0.1, 0.15) is 9.15 Å². The summed E-state index contributed by atoms with van der Waals surface area (Å²) in [7, 11) is 0. The topological polar surface area (TPSA) is 87.1 Å². The van der Waals surface area contributed by atoms with Crippen LogP contribution < -0.4 is 5.32 Å². The maximum Gasteiger partial charge on any atom is 0.408 e. The second-order valence-electron chi connectivity index (χ2n) is 5.33. The molecule has 0 radical (unpaired) electrons. The number of carbonyl (C=O) groups is 1. The molecular formula is C13H16ClIN4O2. The molecule has 0 aliphatic heterocycles. The molecule has 1 unspecified atom stereocenters. The third-order valence-electron chi connectivity index (χ3n) is 2.33. The molecule has 0 aliphatic carbocycles. The van der Waals surface area contributed by atoms with Gasteiger partial charge in [-0.15, -0.1) is 0 Å². The van der Waals surface area contributed by atoms with E-state index in [-0.39, 0.29) is 6.54 Å². The fourth-order valence-electron chi connectivity index (χ4n) is 1.53. The maximum absolute atomic E-state index is 12.0. The number of hydrogen-bond donors (Lipinski definition) is 1. The van der Waals surface area contributed by atoms with Crippen molar-refractivity contribution in [3.05, 3.63) is 45.3 Å². The van der Waals surface area contributed by atoms with E-state index in [9.17, 15) is 4.79 Å². The first-order valence-electron chi connectivity index (χ1n) is 6.13. The Morgan fingerprint density at radius 3 is 2.71 bits per heavy atom. The van der Waals surface area contributed by atoms with Crippen LogP contribution in [-0.2, 0) is 8.28 Å². The van der Waals surface area contributed by atoms with E-state index in [0.717, 1.165) is 0 Å². The Morgan fingerprint density at radius 1 is 1.52 bits per heavy atom. The minimum absolute atomic E-state index is 0.0314. The molecule has 1 N–H and O–H groups in total. The SMILES string of the molecule is CC(C)(C)OC(=O)NC(I)(CN=[N+]=[N-])c1cccc(Cl)c1. The van der Waals surface area contributed by atoms with Crippen molar-refractivity contribution in [1.82, 2.24) is 5.32 Å². The Labute approximate surface area is 142 Å². The molecule has 114 valence electrons. The highest BCUT2D eigenvalue weighted by Gasteiger charge is 2.32. The van der Waals surface area contributed by atoms with Crippen molar-refractivity contribution < 1.29 is 9.53 Å². The van der Waals surface area contributed by atoms with Crippen molar-refractivity contribution in [2.24, 2.45) is 5.11 Å². The van der Waals surface area contributed by atoms with Crippen LogP contribution in [0.2, 0.25) is 5.02 Å². The molecule has 0 saturated heterocycles. The van der Waals surface area contributed by atoms with Crippen molar-refractivity contribution in [2.75, 3.05) is 6.54 Å². The minimum Gasteiger partial charge on any atom is -0.444 e. The van der Waals surface area contributed by atoms with Gasteiger partial charge in [-0.3, -0.25) is 0 Å². The van der Waals surface area contributed by atoms with Crippen molar-refractivity contribution in [1.29, 1.82) is 0 Å². The number of azide groups is 1. The number of benzene rings is 1. The van der Waals surface area contributed by atoms with Crippen LogP contribution in [0, 0.1) is 0 Å². The lowest BCUT2D eigenvalue weighted by molar-refractivity contribution is 0.0500. The number of halogens is 2. The molecular weight excluding hydrogens is 407 g/mol. The average molecular weight is 423 g/mol. The lowest BCUT2D eigenvalue weighted by atomic mass is 10.1. The number of carbonyl (C=O) groups excluding carboxylic acids is 1. The van der Waals surface area contributed by atoms with Crippen LogP contribution in [0.1, 0.15) is 26.3 Å². The highest BCUT2D eigenvalue weighted by atomic mass is 127. The summed E-state index contributed by atoms with van der Waals surface area (Å²) in [6.07, 6.45) is -0.593. The zero-order valence-corrected chi connectivity index (χ0v) is 14.8. The van der Waals surface area contributed by atoms with Gasteiger partial charge >= 0.3 is 6.09 Å². The molecule has 0 aromatic heterocycles. The number of alkyl carbamates (subject to hydrolysis) is 1. The van der Waals surface area contributed by atoms with Crippen molar-refractivity contribution in [3.8, 4) is 0 Å². The lowest BCUT2D eigenvalue weighted by Gasteiger charge is -2.29. The number of ether oxygens (including phenoxy) is 1. The van der Waals surface area contributed by atoms with E-state index < -0.39 is 15.2 Å². The molecule has 8 heteroatoms. The third kappa shape index (κ3) is 5.99.